The molecule has 0 aromatic heterocycles. The number of halogens is 1. The van der Waals surface area contributed by atoms with Crippen molar-refractivity contribution in [2.24, 2.45) is 5.73 Å². The first kappa shape index (κ1) is 15.0. The molecule has 2 nitrogen and oxygen atoms in total. The van der Waals surface area contributed by atoms with Crippen molar-refractivity contribution in [2.45, 2.75) is 52.1 Å². The number of hydrogen-bond acceptors (Lipinski definition) is 2. The fourth-order valence-corrected chi connectivity index (χ4v) is 2.14. The average molecular weight is 253 g/mol. The first-order valence-corrected chi connectivity index (χ1v) is 6.59. The highest BCUT2D eigenvalue weighted by Gasteiger charge is 2.25. The molecule has 0 saturated carbocycles. The lowest BCUT2D eigenvalue weighted by atomic mass is 9.79. The third-order valence-corrected chi connectivity index (χ3v) is 3.24. The van der Waals surface area contributed by atoms with Crippen LogP contribution in [0.5, 0.6) is 5.75 Å². The van der Waals surface area contributed by atoms with E-state index in [1.54, 1.807) is 12.1 Å². The maximum absolute atomic E-state index is 14.0. The average Bonchev–Trinajstić information content (AvgIpc) is 2.31. The Morgan fingerprint density at radius 2 is 2.06 bits per heavy atom. The first-order chi connectivity index (χ1) is 8.42. The van der Waals surface area contributed by atoms with Crippen LogP contribution in [0.2, 0.25) is 0 Å². The zero-order valence-corrected chi connectivity index (χ0v) is 11.8. The zero-order valence-electron chi connectivity index (χ0n) is 11.8. The van der Waals surface area contributed by atoms with E-state index in [-0.39, 0.29) is 17.3 Å². The second kappa shape index (κ2) is 6.19. The predicted octanol–water partition coefficient (Wildman–Crippen LogP) is 3.63. The van der Waals surface area contributed by atoms with Gasteiger partial charge in [-0.05, 0) is 38.0 Å². The number of rotatable bonds is 6. The normalized spacial score (nSPS) is 14.6. The van der Waals surface area contributed by atoms with Gasteiger partial charge in [0.05, 0.1) is 6.10 Å². The van der Waals surface area contributed by atoms with Crippen LogP contribution in [0.3, 0.4) is 0 Å². The summed E-state index contributed by atoms with van der Waals surface area (Å²) in [4.78, 5) is 0. The van der Waals surface area contributed by atoms with Crippen molar-refractivity contribution in [3.63, 3.8) is 0 Å². The molecule has 0 amide bonds. The highest BCUT2D eigenvalue weighted by molar-refractivity contribution is 5.34. The Bertz CT molecular complexity index is 392. The van der Waals surface area contributed by atoms with Crippen LogP contribution in [0.15, 0.2) is 18.2 Å². The van der Waals surface area contributed by atoms with Crippen LogP contribution in [0, 0.1) is 5.82 Å². The summed E-state index contributed by atoms with van der Waals surface area (Å²) < 4.78 is 19.4. The molecule has 0 radical (unpaired) electrons. The number of hydrogen-bond donors (Lipinski definition) is 1. The predicted molar refractivity (Wildman–Crippen MR) is 73.5 cm³/mol. The van der Waals surface area contributed by atoms with Gasteiger partial charge in [-0.15, -0.1) is 0 Å². The molecule has 2 N–H and O–H groups in total. The van der Waals surface area contributed by atoms with Crippen molar-refractivity contribution in [1.82, 2.24) is 0 Å². The lowest BCUT2D eigenvalue weighted by molar-refractivity contribution is 0.231. The molecule has 0 heterocycles. The van der Waals surface area contributed by atoms with E-state index in [0.29, 0.717) is 12.3 Å². The Hall–Kier alpha value is -1.09. The summed E-state index contributed by atoms with van der Waals surface area (Å²) in [6.07, 6.45) is 1.95. The SMILES string of the molecule is CCCC(C)(CN)c1ccc(OC(C)C)c(F)c1. The van der Waals surface area contributed by atoms with E-state index in [9.17, 15) is 4.39 Å². The van der Waals surface area contributed by atoms with E-state index in [0.717, 1.165) is 18.4 Å². The Morgan fingerprint density at radius 3 is 2.50 bits per heavy atom. The maximum Gasteiger partial charge on any atom is 0.165 e. The van der Waals surface area contributed by atoms with Crippen LogP contribution in [0.25, 0.3) is 0 Å². The van der Waals surface area contributed by atoms with Gasteiger partial charge in [-0.3, -0.25) is 0 Å². The summed E-state index contributed by atoms with van der Waals surface area (Å²) in [7, 11) is 0. The third-order valence-electron chi connectivity index (χ3n) is 3.24. The minimum Gasteiger partial charge on any atom is -0.488 e. The topological polar surface area (TPSA) is 35.2 Å². The molecule has 0 aliphatic rings. The Kier molecular flexibility index (Phi) is 5.15. The van der Waals surface area contributed by atoms with Gasteiger partial charge in [0.15, 0.2) is 11.6 Å². The molecular weight excluding hydrogens is 229 g/mol. The van der Waals surface area contributed by atoms with Crippen molar-refractivity contribution in [3.8, 4) is 5.75 Å². The number of nitrogens with two attached hydrogens (primary N) is 1. The van der Waals surface area contributed by atoms with Crippen LogP contribution < -0.4 is 10.5 Å². The van der Waals surface area contributed by atoms with E-state index in [1.165, 1.54) is 0 Å². The Balaban J connectivity index is 3.02. The van der Waals surface area contributed by atoms with Crippen LogP contribution in [0.4, 0.5) is 4.39 Å². The van der Waals surface area contributed by atoms with Gasteiger partial charge in [0, 0.05) is 12.0 Å². The molecule has 1 rings (SSSR count). The van der Waals surface area contributed by atoms with Gasteiger partial charge in [-0.1, -0.05) is 26.3 Å². The number of benzene rings is 1. The minimum atomic E-state index is -0.308. The third kappa shape index (κ3) is 3.45. The molecule has 1 atom stereocenters. The maximum atomic E-state index is 14.0. The molecule has 0 fully saturated rings. The van der Waals surface area contributed by atoms with Gasteiger partial charge in [0.1, 0.15) is 0 Å². The summed E-state index contributed by atoms with van der Waals surface area (Å²) >= 11 is 0. The minimum absolute atomic E-state index is 0.0260. The summed E-state index contributed by atoms with van der Waals surface area (Å²) in [5, 5.41) is 0. The lowest BCUT2D eigenvalue weighted by Gasteiger charge is -2.28. The second-order valence-electron chi connectivity index (χ2n) is 5.33. The molecule has 0 aliphatic carbocycles. The van der Waals surface area contributed by atoms with Crippen molar-refractivity contribution in [2.75, 3.05) is 6.54 Å². The van der Waals surface area contributed by atoms with E-state index in [4.69, 9.17) is 10.5 Å². The second-order valence-corrected chi connectivity index (χ2v) is 5.33. The Labute approximate surface area is 109 Å². The largest absolute Gasteiger partial charge is 0.488 e. The summed E-state index contributed by atoms with van der Waals surface area (Å²) in [6.45, 7) is 8.47. The molecule has 1 unspecified atom stereocenters. The van der Waals surface area contributed by atoms with Crippen LogP contribution in [0.1, 0.15) is 46.1 Å². The first-order valence-electron chi connectivity index (χ1n) is 6.59. The van der Waals surface area contributed by atoms with E-state index < -0.39 is 0 Å². The van der Waals surface area contributed by atoms with Crippen molar-refractivity contribution >= 4 is 0 Å². The van der Waals surface area contributed by atoms with Crippen molar-refractivity contribution in [3.05, 3.63) is 29.6 Å². The van der Waals surface area contributed by atoms with Gasteiger partial charge in [-0.25, -0.2) is 4.39 Å². The standard InChI is InChI=1S/C15H24FNO/c1-5-8-15(4,10-17)12-6-7-14(13(16)9-12)18-11(2)3/h6-7,9,11H,5,8,10,17H2,1-4H3. The lowest BCUT2D eigenvalue weighted by Crippen LogP contribution is -2.31. The monoisotopic (exact) mass is 253 g/mol. The van der Waals surface area contributed by atoms with E-state index in [2.05, 4.69) is 13.8 Å². The Morgan fingerprint density at radius 1 is 1.39 bits per heavy atom. The van der Waals surface area contributed by atoms with Gasteiger partial charge in [0.25, 0.3) is 0 Å². The molecule has 1 aromatic rings. The van der Waals surface area contributed by atoms with Crippen LogP contribution in [-0.4, -0.2) is 12.6 Å². The van der Waals surface area contributed by atoms with E-state index >= 15 is 0 Å². The molecule has 0 aliphatic heterocycles. The zero-order chi connectivity index (χ0) is 13.8. The highest BCUT2D eigenvalue weighted by atomic mass is 19.1. The van der Waals surface area contributed by atoms with Crippen LogP contribution >= 0.6 is 0 Å². The summed E-state index contributed by atoms with van der Waals surface area (Å²) in [5.41, 5.74) is 6.62. The van der Waals surface area contributed by atoms with Crippen LogP contribution in [-0.2, 0) is 5.41 Å². The quantitative estimate of drug-likeness (QED) is 0.840. The molecule has 0 spiro atoms. The smallest absolute Gasteiger partial charge is 0.165 e. The van der Waals surface area contributed by atoms with E-state index in [1.807, 2.05) is 19.9 Å². The molecule has 1 aromatic carbocycles. The van der Waals surface area contributed by atoms with Gasteiger partial charge >= 0.3 is 0 Å². The van der Waals surface area contributed by atoms with Gasteiger partial charge < -0.3 is 10.5 Å². The summed E-state index contributed by atoms with van der Waals surface area (Å²) in [5.74, 6) is 0.00148. The van der Waals surface area contributed by atoms with Crippen molar-refractivity contribution in [1.29, 1.82) is 0 Å². The molecular formula is C15H24FNO. The molecule has 102 valence electrons. The van der Waals surface area contributed by atoms with Gasteiger partial charge in [-0.2, -0.15) is 0 Å². The molecule has 18 heavy (non-hydrogen) atoms. The molecule has 3 heteroatoms. The summed E-state index contributed by atoms with van der Waals surface area (Å²) in [6, 6.07) is 5.18. The fraction of sp³-hybridized carbons (Fsp3) is 0.600. The molecule has 0 saturated heterocycles. The highest BCUT2D eigenvalue weighted by Crippen LogP contribution is 2.31. The molecule has 0 bridgehead atoms. The van der Waals surface area contributed by atoms with Crippen molar-refractivity contribution < 1.29 is 9.13 Å². The fourth-order valence-electron chi connectivity index (χ4n) is 2.14. The number of ether oxygens (including phenoxy) is 1. The van der Waals surface area contributed by atoms with Gasteiger partial charge in [0.2, 0.25) is 0 Å².